The number of benzene rings is 2. The van der Waals surface area contributed by atoms with E-state index in [-0.39, 0.29) is 27.3 Å². The number of hydrogen-bond donors (Lipinski definition) is 0. The fourth-order valence-electron chi connectivity index (χ4n) is 3.29. The topological polar surface area (TPSA) is 72.6 Å². The summed E-state index contributed by atoms with van der Waals surface area (Å²) in [5.41, 5.74) is 1.54. The molecule has 152 valence electrons. The minimum atomic E-state index is -3.98. The quantitative estimate of drug-likeness (QED) is 0.645. The van der Waals surface area contributed by atoms with Crippen molar-refractivity contribution >= 4 is 15.7 Å². The fourth-order valence-corrected chi connectivity index (χ4v) is 4.94. The van der Waals surface area contributed by atoms with Gasteiger partial charge in [-0.2, -0.15) is 4.98 Å². The monoisotopic (exact) mass is 416 g/mol. The predicted molar refractivity (Wildman–Crippen MR) is 106 cm³/mol. The van der Waals surface area contributed by atoms with Crippen LogP contribution in [0.2, 0.25) is 0 Å². The third-order valence-electron chi connectivity index (χ3n) is 4.87. The van der Waals surface area contributed by atoms with Gasteiger partial charge in [-0.3, -0.25) is 0 Å². The van der Waals surface area contributed by atoms with Crippen LogP contribution in [0, 0.1) is 19.7 Å². The van der Waals surface area contributed by atoms with Crippen molar-refractivity contribution in [3.05, 3.63) is 59.4 Å². The van der Waals surface area contributed by atoms with Crippen molar-refractivity contribution in [3.8, 4) is 11.5 Å². The zero-order valence-electron chi connectivity index (χ0n) is 16.2. The summed E-state index contributed by atoms with van der Waals surface area (Å²) in [6.07, 6.45) is 0. The molecule has 29 heavy (non-hydrogen) atoms. The van der Waals surface area contributed by atoms with E-state index in [9.17, 15) is 12.8 Å². The number of nitrogens with zero attached hydrogens (tertiary/aromatic N) is 2. The number of ether oxygens (including phenoxy) is 1. The maximum Gasteiger partial charge on any atom is 0.236 e. The first-order valence-corrected chi connectivity index (χ1v) is 10.8. The Balaban J connectivity index is 1.91. The van der Waals surface area contributed by atoms with E-state index in [0.29, 0.717) is 31.9 Å². The van der Waals surface area contributed by atoms with E-state index in [1.807, 2.05) is 13.0 Å². The molecule has 8 heteroatoms. The van der Waals surface area contributed by atoms with Gasteiger partial charge in [0.25, 0.3) is 0 Å². The highest BCUT2D eigenvalue weighted by Gasteiger charge is 2.33. The molecule has 0 atom stereocenters. The van der Waals surface area contributed by atoms with Crippen molar-refractivity contribution in [1.29, 1.82) is 0 Å². The van der Waals surface area contributed by atoms with Crippen molar-refractivity contribution in [2.75, 3.05) is 31.2 Å². The molecule has 0 amide bonds. The Morgan fingerprint density at radius 3 is 2.52 bits per heavy atom. The molecule has 4 rings (SSSR count). The van der Waals surface area contributed by atoms with Crippen molar-refractivity contribution < 1.29 is 22.0 Å². The van der Waals surface area contributed by atoms with Gasteiger partial charge in [0.2, 0.25) is 26.6 Å². The van der Waals surface area contributed by atoms with Crippen LogP contribution < -0.4 is 4.90 Å². The van der Waals surface area contributed by atoms with Crippen LogP contribution in [0.1, 0.15) is 11.1 Å². The van der Waals surface area contributed by atoms with E-state index < -0.39 is 15.7 Å². The molecular formula is C21H21FN2O4S. The molecule has 0 bridgehead atoms. The third kappa shape index (κ3) is 3.65. The lowest BCUT2D eigenvalue weighted by Crippen LogP contribution is -2.36. The number of anilines is 1. The first-order chi connectivity index (χ1) is 13.9. The average molecular weight is 416 g/mol. The minimum Gasteiger partial charge on any atom is -0.419 e. The highest BCUT2D eigenvalue weighted by atomic mass is 32.2. The van der Waals surface area contributed by atoms with Gasteiger partial charge < -0.3 is 14.1 Å². The van der Waals surface area contributed by atoms with Crippen LogP contribution in [0.5, 0.6) is 0 Å². The lowest BCUT2D eigenvalue weighted by Gasteiger charge is -2.26. The Hall–Kier alpha value is -2.71. The fraction of sp³-hybridized carbons (Fsp3) is 0.286. The average Bonchev–Trinajstić information content (AvgIpc) is 3.17. The predicted octanol–water partition coefficient (Wildman–Crippen LogP) is 3.77. The van der Waals surface area contributed by atoms with Gasteiger partial charge in [0, 0.05) is 13.1 Å². The minimum absolute atomic E-state index is 0.0616. The van der Waals surface area contributed by atoms with Gasteiger partial charge in [-0.25, -0.2) is 12.8 Å². The Labute approximate surface area is 168 Å². The van der Waals surface area contributed by atoms with Gasteiger partial charge in [-0.05, 0) is 43.2 Å². The summed E-state index contributed by atoms with van der Waals surface area (Å²) in [6.45, 7) is 5.37. The number of halogens is 1. The Bertz CT molecular complexity index is 1150. The van der Waals surface area contributed by atoms with Crippen molar-refractivity contribution in [2.24, 2.45) is 0 Å². The Morgan fingerprint density at radius 2 is 1.79 bits per heavy atom. The molecule has 2 aromatic carbocycles. The highest BCUT2D eigenvalue weighted by Crippen LogP contribution is 2.36. The second-order valence-corrected chi connectivity index (χ2v) is 8.81. The molecule has 0 unspecified atom stereocenters. The molecule has 0 N–H and O–H groups in total. The first-order valence-electron chi connectivity index (χ1n) is 9.28. The van der Waals surface area contributed by atoms with Crippen LogP contribution in [0.15, 0.2) is 56.8 Å². The summed E-state index contributed by atoms with van der Waals surface area (Å²) in [6, 6.07) is 11.2. The van der Waals surface area contributed by atoms with E-state index in [2.05, 4.69) is 4.98 Å². The normalized spacial score (nSPS) is 14.9. The maximum atomic E-state index is 14.3. The van der Waals surface area contributed by atoms with Crippen molar-refractivity contribution in [3.63, 3.8) is 0 Å². The van der Waals surface area contributed by atoms with E-state index >= 15 is 0 Å². The molecule has 2 heterocycles. The van der Waals surface area contributed by atoms with Gasteiger partial charge in [-0.15, -0.1) is 0 Å². The van der Waals surface area contributed by atoms with E-state index in [1.165, 1.54) is 12.1 Å². The zero-order chi connectivity index (χ0) is 20.6. The smallest absolute Gasteiger partial charge is 0.236 e. The molecule has 1 aromatic heterocycles. The largest absolute Gasteiger partial charge is 0.419 e. The second kappa shape index (κ2) is 7.61. The molecule has 1 aliphatic heterocycles. The summed E-state index contributed by atoms with van der Waals surface area (Å²) in [7, 11) is -3.98. The van der Waals surface area contributed by atoms with Crippen LogP contribution in [-0.4, -0.2) is 39.7 Å². The lowest BCUT2D eigenvalue weighted by molar-refractivity contribution is 0.120. The number of oxazole rings is 1. The Kier molecular flexibility index (Phi) is 5.14. The number of rotatable bonds is 4. The number of hydrogen-bond acceptors (Lipinski definition) is 6. The number of sulfone groups is 1. The summed E-state index contributed by atoms with van der Waals surface area (Å²) >= 11 is 0. The van der Waals surface area contributed by atoms with Crippen LogP contribution in [0.25, 0.3) is 11.5 Å². The van der Waals surface area contributed by atoms with Gasteiger partial charge >= 0.3 is 0 Å². The summed E-state index contributed by atoms with van der Waals surface area (Å²) in [5.74, 6) is -0.473. The van der Waals surface area contributed by atoms with Crippen molar-refractivity contribution in [2.45, 2.75) is 23.8 Å². The lowest BCUT2D eigenvalue weighted by atomic mass is 10.2. The maximum absolute atomic E-state index is 14.3. The molecule has 1 aliphatic rings. The first kappa shape index (κ1) is 19.6. The van der Waals surface area contributed by atoms with E-state index in [1.54, 1.807) is 36.1 Å². The van der Waals surface area contributed by atoms with E-state index in [4.69, 9.17) is 9.15 Å². The Morgan fingerprint density at radius 1 is 1.07 bits per heavy atom. The molecule has 1 saturated heterocycles. The summed E-state index contributed by atoms with van der Waals surface area (Å²) in [5, 5.41) is -0.202. The van der Waals surface area contributed by atoms with Crippen LogP contribution in [-0.2, 0) is 14.6 Å². The van der Waals surface area contributed by atoms with Crippen LogP contribution in [0.3, 0.4) is 0 Å². The van der Waals surface area contributed by atoms with Gasteiger partial charge in [-0.1, -0.05) is 24.3 Å². The molecule has 0 aliphatic carbocycles. The number of aryl methyl sites for hydroxylation is 2. The molecule has 0 saturated carbocycles. The van der Waals surface area contributed by atoms with Gasteiger partial charge in [0.1, 0.15) is 5.82 Å². The molecule has 0 spiro atoms. The van der Waals surface area contributed by atoms with Gasteiger partial charge in [0.15, 0.2) is 0 Å². The molecule has 0 radical (unpaired) electrons. The zero-order valence-corrected chi connectivity index (χ0v) is 17.0. The summed E-state index contributed by atoms with van der Waals surface area (Å²) < 4.78 is 52.6. The standard InChI is InChI=1S/C21H21FN2O4S/c1-14-7-8-15(2)18(13-14)29(25,26)20-21(24-9-11-27-12-10-24)28-19(23-20)16-5-3-4-6-17(16)22/h3-8,13H,9-12H2,1-2H3. The molecular weight excluding hydrogens is 395 g/mol. The van der Waals surface area contributed by atoms with Crippen LogP contribution >= 0.6 is 0 Å². The summed E-state index contributed by atoms with van der Waals surface area (Å²) in [4.78, 5) is 6.20. The van der Waals surface area contributed by atoms with Crippen LogP contribution in [0.4, 0.5) is 10.3 Å². The molecule has 3 aromatic rings. The molecule has 6 nitrogen and oxygen atoms in total. The number of morpholine rings is 1. The van der Waals surface area contributed by atoms with Gasteiger partial charge in [0.05, 0.1) is 23.7 Å². The third-order valence-corrected chi connectivity index (χ3v) is 6.66. The SMILES string of the molecule is Cc1ccc(C)c(S(=O)(=O)c2nc(-c3ccccc3F)oc2N2CCOCC2)c1. The van der Waals surface area contributed by atoms with Crippen molar-refractivity contribution in [1.82, 2.24) is 4.98 Å². The van der Waals surface area contributed by atoms with E-state index in [0.717, 1.165) is 5.56 Å². The highest BCUT2D eigenvalue weighted by molar-refractivity contribution is 7.91. The molecule has 1 fully saturated rings. The second-order valence-electron chi connectivity index (χ2n) is 6.98. The number of aromatic nitrogens is 1.